The van der Waals surface area contributed by atoms with Crippen molar-refractivity contribution in [3.63, 3.8) is 0 Å². The number of hydrogen-bond acceptors (Lipinski definition) is 2. The number of aromatic nitrogens is 1. The van der Waals surface area contributed by atoms with Crippen LogP contribution in [0.4, 0.5) is 0 Å². The molecule has 4 heteroatoms. The third-order valence-corrected chi connectivity index (χ3v) is 6.17. The fraction of sp³-hybridized carbons (Fsp3) is 0.625. The molecule has 5 atom stereocenters. The van der Waals surface area contributed by atoms with Gasteiger partial charge in [0, 0.05) is 16.7 Å². The summed E-state index contributed by atoms with van der Waals surface area (Å²) >= 11 is 3.35. The van der Waals surface area contributed by atoms with E-state index in [1.807, 2.05) is 6.07 Å². The molecule has 1 aromatic rings. The van der Waals surface area contributed by atoms with Crippen LogP contribution in [0.15, 0.2) is 22.8 Å². The molecule has 0 radical (unpaired) electrons. The van der Waals surface area contributed by atoms with Gasteiger partial charge in [-0.1, -0.05) is 6.42 Å². The summed E-state index contributed by atoms with van der Waals surface area (Å²) in [5.74, 6) is 3.45. The number of nitrogens with one attached hydrogen (secondary N) is 1. The number of fused-ring (bicyclic) bond motifs is 5. The molecular weight excluding hydrogens is 316 g/mol. The van der Waals surface area contributed by atoms with Crippen LogP contribution >= 0.6 is 15.9 Å². The molecule has 20 heavy (non-hydrogen) atoms. The standard InChI is InChI=1S/C16H19BrN2O/c17-10-4-5-14(18-8-10)16(20)19-15-7-9-6-13(15)12-3-1-2-11(9)12/h4-5,8-9,11-13,15H,1-3,6-7H2,(H,19,20). The van der Waals surface area contributed by atoms with Crippen LogP contribution in [0.5, 0.6) is 0 Å². The molecule has 3 aliphatic rings. The lowest BCUT2D eigenvalue weighted by molar-refractivity contribution is 0.0896. The molecule has 1 amide bonds. The predicted octanol–water partition coefficient (Wildman–Crippen LogP) is 3.40. The van der Waals surface area contributed by atoms with Gasteiger partial charge in [0.1, 0.15) is 5.69 Å². The van der Waals surface area contributed by atoms with Gasteiger partial charge in [-0.3, -0.25) is 4.79 Å². The Bertz CT molecular complexity index is 530. The fourth-order valence-electron chi connectivity index (χ4n) is 4.99. The third-order valence-electron chi connectivity index (χ3n) is 5.71. The van der Waals surface area contributed by atoms with Gasteiger partial charge >= 0.3 is 0 Å². The zero-order chi connectivity index (χ0) is 13.7. The monoisotopic (exact) mass is 334 g/mol. The van der Waals surface area contributed by atoms with Crippen molar-refractivity contribution in [1.82, 2.24) is 10.3 Å². The van der Waals surface area contributed by atoms with Gasteiger partial charge in [0.15, 0.2) is 0 Å². The Morgan fingerprint density at radius 1 is 1.20 bits per heavy atom. The van der Waals surface area contributed by atoms with Crippen LogP contribution in [0.3, 0.4) is 0 Å². The smallest absolute Gasteiger partial charge is 0.270 e. The van der Waals surface area contributed by atoms with Crippen LogP contribution in [0.2, 0.25) is 0 Å². The van der Waals surface area contributed by atoms with E-state index in [-0.39, 0.29) is 5.91 Å². The van der Waals surface area contributed by atoms with Crippen LogP contribution in [-0.4, -0.2) is 16.9 Å². The largest absolute Gasteiger partial charge is 0.348 e. The first-order valence-corrected chi connectivity index (χ1v) is 8.44. The van der Waals surface area contributed by atoms with E-state index < -0.39 is 0 Å². The summed E-state index contributed by atoms with van der Waals surface area (Å²) in [6.07, 6.45) is 8.43. The van der Waals surface area contributed by atoms with Crippen molar-refractivity contribution in [1.29, 1.82) is 0 Å². The van der Waals surface area contributed by atoms with E-state index in [1.165, 1.54) is 32.1 Å². The lowest BCUT2D eigenvalue weighted by Crippen LogP contribution is -2.42. The van der Waals surface area contributed by atoms with Gasteiger partial charge in [-0.25, -0.2) is 4.98 Å². The Balaban J connectivity index is 1.45. The highest BCUT2D eigenvalue weighted by atomic mass is 79.9. The highest BCUT2D eigenvalue weighted by molar-refractivity contribution is 9.10. The zero-order valence-electron chi connectivity index (χ0n) is 11.4. The summed E-state index contributed by atoms with van der Waals surface area (Å²) in [7, 11) is 0. The number of halogens is 1. The molecule has 106 valence electrons. The van der Waals surface area contributed by atoms with Gasteiger partial charge in [-0.15, -0.1) is 0 Å². The summed E-state index contributed by atoms with van der Waals surface area (Å²) in [6, 6.07) is 4.04. The van der Waals surface area contributed by atoms with Crippen LogP contribution in [0, 0.1) is 23.7 Å². The second kappa shape index (κ2) is 4.83. The van der Waals surface area contributed by atoms with Crippen molar-refractivity contribution in [2.75, 3.05) is 0 Å². The fourth-order valence-corrected chi connectivity index (χ4v) is 5.22. The maximum atomic E-state index is 12.3. The van der Waals surface area contributed by atoms with E-state index in [4.69, 9.17) is 0 Å². The molecule has 0 aromatic carbocycles. The SMILES string of the molecule is O=C(NC1CC2CC1C1CCCC21)c1ccc(Br)cn1. The van der Waals surface area contributed by atoms with Crippen molar-refractivity contribution >= 4 is 21.8 Å². The molecule has 0 aliphatic heterocycles. The predicted molar refractivity (Wildman–Crippen MR) is 80.2 cm³/mol. The topological polar surface area (TPSA) is 42.0 Å². The molecule has 3 saturated carbocycles. The van der Waals surface area contributed by atoms with E-state index in [0.717, 1.165) is 28.1 Å². The molecule has 5 unspecified atom stereocenters. The molecule has 1 heterocycles. The summed E-state index contributed by atoms with van der Waals surface area (Å²) in [5, 5.41) is 3.24. The van der Waals surface area contributed by atoms with Crippen LogP contribution in [-0.2, 0) is 0 Å². The number of rotatable bonds is 2. The molecular formula is C16H19BrN2O. The first kappa shape index (κ1) is 12.8. The minimum atomic E-state index is -0.00963. The Labute approximate surface area is 127 Å². The van der Waals surface area contributed by atoms with E-state index in [0.29, 0.717) is 11.7 Å². The Morgan fingerprint density at radius 2 is 2.05 bits per heavy atom. The number of amides is 1. The zero-order valence-corrected chi connectivity index (χ0v) is 13.0. The number of pyridine rings is 1. The Hall–Kier alpha value is -0.900. The molecule has 0 spiro atoms. The van der Waals surface area contributed by atoms with E-state index >= 15 is 0 Å². The van der Waals surface area contributed by atoms with Crippen molar-refractivity contribution < 1.29 is 4.79 Å². The van der Waals surface area contributed by atoms with Crippen molar-refractivity contribution in [3.8, 4) is 0 Å². The van der Waals surface area contributed by atoms with Gasteiger partial charge < -0.3 is 5.32 Å². The number of hydrogen-bond donors (Lipinski definition) is 1. The minimum absolute atomic E-state index is 0.00963. The third kappa shape index (κ3) is 2.00. The molecule has 1 N–H and O–H groups in total. The van der Waals surface area contributed by atoms with E-state index in [9.17, 15) is 4.79 Å². The highest BCUT2D eigenvalue weighted by Gasteiger charge is 2.54. The summed E-state index contributed by atoms with van der Waals surface area (Å²) < 4.78 is 0.905. The summed E-state index contributed by atoms with van der Waals surface area (Å²) in [5.41, 5.74) is 0.527. The quantitative estimate of drug-likeness (QED) is 0.900. The Kier molecular flexibility index (Phi) is 3.09. The van der Waals surface area contributed by atoms with E-state index in [2.05, 4.69) is 26.2 Å². The number of carbonyl (C=O) groups is 1. The van der Waals surface area contributed by atoms with Crippen molar-refractivity contribution in [3.05, 3.63) is 28.5 Å². The van der Waals surface area contributed by atoms with Gasteiger partial charge in [-0.2, -0.15) is 0 Å². The summed E-state index contributed by atoms with van der Waals surface area (Å²) in [4.78, 5) is 16.5. The molecule has 3 aliphatic carbocycles. The lowest BCUT2D eigenvalue weighted by atomic mass is 9.79. The number of nitrogens with zero attached hydrogens (tertiary/aromatic N) is 1. The second-order valence-corrected chi connectivity index (χ2v) is 7.51. The van der Waals surface area contributed by atoms with Crippen molar-refractivity contribution in [2.45, 2.75) is 38.1 Å². The van der Waals surface area contributed by atoms with Gasteiger partial charge in [-0.05, 0) is 77.4 Å². The van der Waals surface area contributed by atoms with Crippen LogP contribution < -0.4 is 5.32 Å². The molecule has 3 fully saturated rings. The molecule has 0 saturated heterocycles. The summed E-state index contributed by atoms with van der Waals surface area (Å²) in [6.45, 7) is 0. The Morgan fingerprint density at radius 3 is 2.85 bits per heavy atom. The van der Waals surface area contributed by atoms with Crippen LogP contribution in [0.1, 0.15) is 42.6 Å². The molecule has 4 rings (SSSR count). The van der Waals surface area contributed by atoms with E-state index in [1.54, 1.807) is 12.3 Å². The van der Waals surface area contributed by atoms with Crippen LogP contribution in [0.25, 0.3) is 0 Å². The van der Waals surface area contributed by atoms with Gasteiger partial charge in [0.2, 0.25) is 0 Å². The first-order chi connectivity index (χ1) is 9.72. The maximum absolute atomic E-state index is 12.3. The first-order valence-electron chi connectivity index (χ1n) is 7.65. The number of carbonyl (C=O) groups excluding carboxylic acids is 1. The van der Waals surface area contributed by atoms with Gasteiger partial charge in [0.05, 0.1) is 0 Å². The lowest BCUT2D eigenvalue weighted by Gasteiger charge is -2.32. The average molecular weight is 335 g/mol. The van der Waals surface area contributed by atoms with Gasteiger partial charge in [0.25, 0.3) is 5.91 Å². The second-order valence-electron chi connectivity index (χ2n) is 6.60. The van der Waals surface area contributed by atoms with Crippen molar-refractivity contribution in [2.24, 2.45) is 23.7 Å². The normalized spacial score (nSPS) is 38.0. The minimum Gasteiger partial charge on any atom is -0.348 e. The molecule has 3 nitrogen and oxygen atoms in total. The molecule has 1 aromatic heterocycles. The molecule has 2 bridgehead atoms. The maximum Gasteiger partial charge on any atom is 0.270 e. The highest BCUT2D eigenvalue weighted by Crippen LogP contribution is 2.58. The average Bonchev–Trinajstić information content (AvgIpc) is 3.11.